The fourth-order valence-electron chi connectivity index (χ4n) is 1.42. The third kappa shape index (κ3) is 4.24. The zero-order valence-corrected chi connectivity index (χ0v) is 10.7. The lowest BCUT2D eigenvalue weighted by atomic mass is 10.2. The summed E-state index contributed by atoms with van der Waals surface area (Å²) >= 11 is 0. The van der Waals surface area contributed by atoms with Crippen LogP contribution in [0.1, 0.15) is 28.3 Å². The summed E-state index contributed by atoms with van der Waals surface area (Å²) in [5.74, 6) is 1.40. The lowest BCUT2D eigenvalue weighted by Gasteiger charge is -2.03. The van der Waals surface area contributed by atoms with Crippen LogP contribution in [0.15, 0.2) is 10.5 Å². The highest BCUT2D eigenvalue weighted by Gasteiger charge is 2.12. The molecule has 0 aliphatic rings. The number of halogens is 1. The average Bonchev–Trinajstić information content (AvgIpc) is 2.52. The molecule has 0 radical (unpaired) electrons. The Morgan fingerprint density at radius 1 is 1.38 bits per heavy atom. The summed E-state index contributed by atoms with van der Waals surface area (Å²) < 4.78 is 5.29. The maximum Gasteiger partial charge on any atom is 0.254 e. The maximum absolute atomic E-state index is 11.7. The van der Waals surface area contributed by atoms with Crippen molar-refractivity contribution < 1.29 is 9.21 Å². The summed E-state index contributed by atoms with van der Waals surface area (Å²) in [6.07, 6.45) is 0.929. The second-order valence-electron chi connectivity index (χ2n) is 3.54. The van der Waals surface area contributed by atoms with E-state index >= 15 is 0 Å². The van der Waals surface area contributed by atoms with E-state index in [9.17, 15) is 4.79 Å². The average molecular weight is 247 g/mol. The Balaban J connectivity index is 0.00000225. The van der Waals surface area contributed by atoms with Crippen LogP contribution in [0, 0.1) is 13.8 Å². The van der Waals surface area contributed by atoms with Crippen molar-refractivity contribution in [3.63, 3.8) is 0 Å². The lowest BCUT2D eigenvalue weighted by Crippen LogP contribution is -2.26. The second-order valence-corrected chi connectivity index (χ2v) is 3.54. The largest absolute Gasteiger partial charge is 0.466 e. The van der Waals surface area contributed by atoms with Crippen molar-refractivity contribution in [1.29, 1.82) is 0 Å². The summed E-state index contributed by atoms with van der Waals surface area (Å²) in [6.45, 7) is 5.23. The third-order valence-electron chi connectivity index (χ3n) is 2.17. The molecule has 0 saturated heterocycles. The van der Waals surface area contributed by atoms with E-state index in [4.69, 9.17) is 4.42 Å². The van der Waals surface area contributed by atoms with Gasteiger partial charge in [-0.3, -0.25) is 4.79 Å². The number of hydrogen-bond acceptors (Lipinski definition) is 3. The molecule has 1 amide bonds. The van der Waals surface area contributed by atoms with E-state index in [0.29, 0.717) is 17.9 Å². The van der Waals surface area contributed by atoms with Crippen molar-refractivity contribution >= 4 is 18.3 Å². The third-order valence-corrected chi connectivity index (χ3v) is 2.17. The van der Waals surface area contributed by atoms with E-state index in [2.05, 4.69) is 10.6 Å². The normalized spacial score (nSPS) is 9.69. The first-order chi connectivity index (χ1) is 7.15. The zero-order valence-electron chi connectivity index (χ0n) is 9.92. The highest BCUT2D eigenvalue weighted by molar-refractivity contribution is 5.95. The molecule has 2 N–H and O–H groups in total. The Hall–Kier alpha value is -1.00. The number of amides is 1. The van der Waals surface area contributed by atoms with Gasteiger partial charge in [0.25, 0.3) is 5.91 Å². The van der Waals surface area contributed by atoms with Crippen LogP contribution in [0.3, 0.4) is 0 Å². The van der Waals surface area contributed by atoms with Crippen LogP contribution in [0.25, 0.3) is 0 Å². The summed E-state index contributed by atoms with van der Waals surface area (Å²) in [5, 5.41) is 5.88. The van der Waals surface area contributed by atoms with Crippen molar-refractivity contribution in [2.45, 2.75) is 20.3 Å². The molecule has 0 spiro atoms. The smallest absolute Gasteiger partial charge is 0.254 e. The first kappa shape index (κ1) is 15.0. The van der Waals surface area contributed by atoms with Crippen molar-refractivity contribution in [2.75, 3.05) is 20.1 Å². The molecule has 0 unspecified atom stereocenters. The van der Waals surface area contributed by atoms with Crippen molar-refractivity contribution in [3.8, 4) is 0 Å². The van der Waals surface area contributed by atoms with Crippen LogP contribution >= 0.6 is 12.4 Å². The first-order valence-electron chi connectivity index (χ1n) is 5.15. The minimum atomic E-state index is -0.0551. The Bertz CT molecular complexity index is 337. The summed E-state index contributed by atoms with van der Waals surface area (Å²) in [5.41, 5.74) is 0.636. The second kappa shape index (κ2) is 7.30. The van der Waals surface area contributed by atoms with Crippen molar-refractivity contribution in [3.05, 3.63) is 23.2 Å². The van der Waals surface area contributed by atoms with Crippen LogP contribution in [0.2, 0.25) is 0 Å². The molecule has 0 aliphatic heterocycles. The molecule has 4 nitrogen and oxygen atoms in total. The standard InChI is InChI=1S/C11H18N2O2.ClH/c1-8-7-10(9(2)15-8)11(14)13-6-4-5-12-3;/h7,12H,4-6H2,1-3H3,(H,13,14);1H. The summed E-state index contributed by atoms with van der Waals surface area (Å²) in [6, 6.07) is 1.77. The Kier molecular flexibility index (Phi) is 6.85. The molecule has 1 aromatic heterocycles. The highest BCUT2D eigenvalue weighted by Crippen LogP contribution is 2.12. The molecule has 0 saturated carbocycles. The van der Waals surface area contributed by atoms with E-state index in [-0.39, 0.29) is 18.3 Å². The number of carbonyl (C=O) groups is 1. The van der Waals surface area contributed by atoms with Gasteiger partial charge >= 0.3 is 0 Å². The number of furan rings is 1. The molecule has 0 aliphatic carbocycles. The molecule has 0 fully saturated rings. The van der Waals surface area contributed by atoms with Gasteiger partial charge in [-0.2, -0.15) is 0 Å². The van der Waals surface area contributed by atoms with Gasteiger partial charge in [0.2, 0.25) is 0 Å². The quantitative estimate of drug-likeness (QED) is 0.777. The van der Waals surface area contributed by atoms with Gasteiger partial charge < -0.3 is 15.1 Å². The topological polar surface area (TPSA) is 54.3 Å². The predicted octanol–water partition coefficient (Wildman–Crippen LogP) is 1.66. The Morgan fingerprint density at radius 2 is 2.06 bits per heavy atom. The molecule has 0 aromatic carbocycles. The number of hydrogen-bond donors (Lipinski definition) is 2. The van der Waals surface area contributed by atoms with Crippen LogP contribution in [-0.2, 0) is 0 Å². The Labute approximate surface area is 102 Å². The molecule has 92 valence electrons. The van der Waals surface area contributed by atoms with Crippen LogP contribution in [0.5, 0.6) is 0 Å². The molecule has 1 heterocycles. The first-order valence-corrected chi connectivity index (χ1v) is 5.15. The molecule has 0 bridgehead atoms. The molecule has 16 heavy (non-hydrogen) atoms. The van der Waals surface area contributed by atoms with E-state index < -0.39 is 0 Å². The monoisotopic (exact) mass is 246 g/mol. The van der Waals surface area contributed by atoms with Gasteiger partial charge in [0.05, 0.1) is 5.56 Å². The summed E-state index contributed by atoms with van der Waals surface area (Å²) in [7, 11) is 1.89. The van der Waals surface area contributed by atoms with Crippen LogP contribution in [0.4, 0.5) is 0 Å². The molecule has 5 heteroatoms. The van der Waals surface area contributed by atoms with E-state index in [1.165, 1.54) is 0 Å². The minimum absolute atomic E-state index is 0. The van der Waals surface area contributed by atoms with Gasteiger partial charge in [0, 0.05) is 6.54 Å². The van der Waals surface area contributed by atoms with Gasteiger partial charge in [-0.25, -0.2) is 0 Å². The van der Waals surface area contributed by atoms with Gasteiger partial charge in [-0.1, -0.05) is 0 Å². The molecular weight excluding hydrogens is 228 g/mol. The Morgan fingerprint density at radius 3 is 2.56 bits per heavy atom. The lowest BCUT2D eigenvalue weighted by molar-refractivity contribution is 0.0952. The zero-order chi connectivity index (χ0) is 11.3. The number of carbonyl (C=O) groups excluding carboxylic acids is 1. The summed E-state index contributed by atoms with van der Waals surface area (Å²) in [4.78, 5) is 11.7. The van der Waals surface area contributed by atoms with Gasteiger partial charge in [0.15, 0.2) is 0 Å². The molecule has 1 rings (SSSR count). The number of rotatable bonds is 5. The van der Waals surface area contributed by atoms with E-state index in [1.807, 2.05) is 14.0 Å². The van der Waals surface area contributed by atoms with E-state index in [1.54, 1.807) is 13.0 Å². The number of nitrogens with one attached hydrogen (secondary N) is 2. The van der Waals surface area contributed by atoms with Crippen LogP contribution < -0.4 is 10.6 Å². The fourth-order valence-corrected chi connectivity index (χ4v) is 1.42. The van der Waals surface area contributed by atoms with Gasteiger partial charge in [-0.15, -0.1) is 12.4 Å². The predicted molar refractivity (Wildman–Crippen MR) is 66.3 cm³/mol. The van der Waals surface area contributed by atoms with Gasteiger partial charge in [0.1, 0.15) is 11.5 Å². The fraction of sp³-hybridized carbons (Fsp3) is 0.545. The number of aryl methyl sites for hydroxylation is 2. The maximum atomic E-state index is 11.7. The minimum Gasteiger partial charge on any atom is -0.466 e. The highest BCUT2D eigenvalue weighted by atomic mass is 35.5. The van der Waals surface area contributed by atoms with Crippen molar-refractivity contribution in [1.82, 2.24) is 10.6 Å². The molecule has 1 aromatic rings. The molecule has 0 atom stereocenters. The van der Waals surface area contributed by atoms with Crippen LogP contribution in [-0.4, -0.2) is 26.0 Å². The SMILES string of the molecule is CNCCCNC(=O)c1cc(C)oc1C.Cl. The van der Waals surface area contributed by atoms with Gasteiger partial charge in [-0.05, 0) is 39.9 Å². The van der Waals surface area contributed by atoms with E-state index in [0.717, 1.165) is 18.7 Å². The van der Waals surface area contributed by atoms with Crippen molar-refractivity contribution in [2.24, 2.45) is 0 Å². The molecular formula is C11H19ClN2O2.